The Hall–Kier alpha value is -2.53. The van der Waals surface area contributed by atoms with Crippen molar-refractivity contribution >= 4 is 17.2 Å². The molecule has 1 N–H and O–H groups in total. The maximum atomic E-state index is 14.0. The minimum Gasteiger partial charge on any atom is -0.352 e. The highest BCUT2D eigenvalue weighted by Gasteiger charge is 2.13. The summed E-state index contributed by atoms with van der Waals surface area (Å²) >= 11 is 1.63. The highest BCUT2D eigenvalue weighted by molar-refractivity contribution is 7.12. The van der Waals surface area contributed by atoms with E-state index in [9.17, 15) is 9.18 Å². The number of carbonyl (C=O) groups excluding carboxylic acids is 1. The number of rotatable bonds is 5. The molecule has 1 amide bonds. The number of hydrogen-bond donors (Lipinski definition) is 1. The number of aromatic nitrogens is 1. The van der Waals surface area contributed by atoms with Crippen molar-refractivity contribution in [3.63, 3.8) is 0 Å². The fraction of sp³-hybridized carbons (Fsp3) is 0.200. The Morgan fingerprint density at radius 1 is 1.12 bits per heavy atom. The van der Waals surface area contributed by atoms with Crippen LogP contribution in [0, 0.1) is 19.7 Å². The van der Waals surface area contributed by atoms with Gasteiger partial charge < -0.3 is 5.32 Å². The molecule has 0 fully saturated rings. The van der Waals surface area contributed by atoms with Gasteiger partial charge in [-0.15, -0.1) is 11.3 Å². The first-order valence-electron chi connectivity index (χ1n) is 8.11. The number of carbonyl (C=O) groups is 1. The summed E-state index contributed by atoms with van der Waals surface area (Å²) in [5, 5.41) is 3.73. The van der Waals surface area contributed by atoms with Crippen LogP contribution >= 0.6 is 11.3 Å². The Morgan fingerprint density at radius 2 is 1.88 bits per heavy atom. The van der Waals surface area contributed by atoms with Crippen molar-refractivity contribution < 1.29 is 9.18 Å². The number of nitrogens with one attached hydrogen (secondary N) is 1. The summed E-state index contributed by atoms with van der Waals surface area (Å²) in [6.07, 6.45) is 0.623. The first-order chi connectivity index (χ1) is 12.1. The molecule has 0 saturated carbocycles. The lowest BCUT2D eigenvalue weighted by Gasteiger charge is -2.06. The molecule has 0 aliphatic heterocycles. The molecule has 3 aromatic rings. The summed E-state index contributed by atoms with van der Waals surface area (Å²) in [6.45, 7) is 4.12. The van der Waals surface area contributed by atoms with E-state index in [-0.39, 0.29) is 5.56 Å². The first kappa shape index (κ1) is 17.3. The summed E-state index contributed by atoms with van der Waals surface area (Å²) in [5.74, 6) is -0.853. The van der Waals surface area contributed by atoms with Gasteiger partial charge in [0.2, 0.25) is 0 Å². The number of hydrogen-bond acceptors (Lipinski definition) is 3. The van der Waals surface area contributed by atoms with Gasteiger partial charge in [0.15, 0.2) is 0 Å². The van der Waals surface area contributed by atoms with Crippen LogP contribution in [0.4, 0.5) is 4.39 Å². The molecule has 1 heterocycles. The van der Waals surface area contributed by atoms with Crippen LogP contribution in [0.15, 0.2) is 48.5 Å². The lowest BCUT2D eigenvalue weighted by molar-refractivity contribution is 0.0950. The molecule has 0 aliphatic carbocycles. The van der Waals surface area contributed by atoms with Crippen LogP contribution in [-0.4, -0.2) is 17.4 Å². The molecular formula is C20H19FN2OS. The second-order valence-corrected chi connectivity index (χ2v) is 7.11. The summed E-state index contributed by atoms with van der Waals surface area (Å²) in [4.78, 5) is 18.0. The number of nitrogens with zero attached hydrogens (tertiary/aromatic N) is 1. The van der Waals surface area contributed by atoms with Crippen molar-refractivity contribution in [1.82, 2.24) is 10.3 Å². The molecule has 5 heteroatoms. The zero-order chi connectivity index (χ0) is 17.8. The third-order valence-electron chi connectivity index (χ3n) is 3.95. The third kappa shape index (κ3) is 3.94. The van der Waals surface area contributed by atoms with Crippen molar-refractivity contribution in [2.45, 2.75) is 20.3 Å². The molecule has 0 atom stereocenters. The molecule has 3 nitrogen and oxygen atoms in total. The van der Waals surface area contributed by atoms with Gasteiger partial charge in [-0.05, 0) is 25.5 Å². The van der Waals surface area contributed by atoms with E-state index >= 15 is 0 Å². The zero-order valence-corrected chi connectivity index (χ0v) is 15.0. The van der Waals surface area contributed by atoms with Crippen LogP contribution in [0.5, 0.6) is 0 Å². The summed E-state index contributed by atoms with van der Waals surface area (Å²) in [5.41, 5.74) is 2.63. The van der Waals surface area contributed by atoms with Crippen molar-refractivity contribution in [1.29, 1.82) is 0 Å². The van der Waals surface area contributed by atoms with Crippen LogP contribution in [0.1, 0.15) is 25.8 Å². The predicted molar refractivity (Wildman–Crippen MR) is 99.5 cm³/mol. The molecule has 0 bridgehead atoms. The molecule has 2 aromatic carbocycles. The molecular weight excluding hydrogens is 335 g/mol. The fourth-order valence-electron chi connectivity index (χ4n) is 2.62. The zero-order valence-electron chi connectivity index (χ0n) is 14.2. The predicted octanol–water partition coefficient (Wildman–Crippen LogP) is 4.54. The van der Waals surface area contributed by atoms with Crippen LogP contribution in [0.2, 0.25) is 0 Å². The van der Waals surface area contributed by atoms with Gasteiger partial charge >= 0.3 is 0 Å². The Balaban J connectivity index is 1.63. The maximum absolute atomic E-state index is 14.0. The van der Waals surface area contributed by atoms with E-state index in [1.165, 1.54) is 6.07 Å². The van der Waals surface area contributed by atoms with E-state index in [0.717, 1.165) is 21.1 Å². The van der Waals surface area contributed by atoms with E-state index in [1.54, 1.807) is 30.4 Å². The van der Waals surface area contributed by atoms with Crippen LogP contribution in [0.3, 0.4) is 0 Å². The number of halogens is 1. The largest absolute Gasteiger partial charge is 0.352 e. The van der Waals surface area contributed by atoms with Gasteiger partial charge in [-0.1, -0.05) is 42.5 Å². The standard InChI is InChI=1S/C20H19FN2OS/c1-13-7-6-10-16(18(13)21)20(24)22-12-11-17-23-19(14(2)25-17)15-8-4-3-5-9-15/h3-10H,11-12H2,1-2H3,(H,22,24). The second kappa shape index (κ2) is 7.57. The van der Waals surface area contributed by atoms with Crippen LogP contribution < -0.4 is 5.32 Å². The normalized spacial score (nSPS) is 10.7. The molecule has 3 rings (SSSR count). The SMILES string of the molecule is Cc1cccc(C(=O)NCCc2nc(-c3ccccc3)c(C)s2)c1F. The molecule has 0 spiro atoms. The Morgan fingerprint density at radius 3 is 2.64 bits per heavy atom. The average molecular weight is 354 g/mol. The van der Waals surface area contributed by atoms with E-state index in [2.05, 4.69) is 10.3 Å². The second-order valence-electron chi connectivity index (χ2n) is 5.82. The van der Waals surface area contributed by atoms with Gasteiger partial charge in [0.05, 0.1) is 16.3 Å². The van der Waals surface area contributed by atoms with E-state index < -0.39 is 11.7 Å². The molecule has 0 aliphatic rings. The summed E-state index contributed by atoms with van der Waals surface area (Å²) in [7, 11) is 0. The van der Waals surface area contributed by atoms with Crippen LogP contribution in [0.25, 0.3) is 11.3 Å². The highest BCUT2D eigenvalue weighted by atomic mass is 32.1. The first-order valence-corrected chi connectivity index (χ1v) is 8.93. The maximum Gasteiger partial charge on any atom is 0.254 e. The van der Waals surface area contributed by atoms with Crippen molar-refractivity contribution in [3.05, 3.63) is 75.4 Å². The van der Waals surface area contributed by atoms with Crippen molar-refractivity contribution in [2.75, 3.05) is 6.54 Å². The van der Waals surface area contributed by atoms with Gasteiger partial charge in [-0.2, -0.15) is 0 Å². The highest BCUT2D eigenvalue weighted by Crippen LogP contribution is 2.27. The van der Waals surface area contributed by atoms with Gasteiger partial charge in [0.25, 0.3) is 5.91 Å². The molecule has 0 radical (unpaired) electrons. The van der Waals surface area contributed by atoms with Crippen molar-refractivity contribution in [3.8, 4) is 11.3 Å². The Bertz CT molecular complexity index is 890. The number of thiazole rings is 1. The molecule has 0 unspecified atom stereocenters. The Kier molecular flexibility index (Phi) is 5.24. The van der Waals surface area contributed by atoms with E-state index in [0.29, 0.717) is 18.5 Å². The topological polar surface area (TPSA) is 42.0 Å². The quantitative estimate of drug-likeness (QED) is 0.731. The minimum absolute atomic E-state index is 0.0836. The minimum atomic E-state index is -0.462. The summed E-state index contributed by atoms with van der Waals surface area (Å²) in [6, 6.07) is 14.9. The molecule has 128 valence electrons. The number of benzene rings is 2. The van der Waals surface area contributed by atoms with Gasteiger partial charge in [0.1, 0.15) is 5.82 Å². The van der Waals surface area contributed by atoms with Gasteiger partial charge in [-0.3, -0.25) is 4.79 Å². The lowest BCUT2D eigenvalue weighted by Crippen LogP contribution is -2.26. The molecule has 1 aromatic heterocycles. The molecule has 0 saturated heterocycles. The van der Waals surface area contributed by atoms with Gasteiger partial charge in [-0.25, -0.2) is 9.37 Å². The monoisotopic (exact) mass is 354 g/mol. The smallest absolute Gasteiger partial charge is 0.254 e. The fourth-order valence-corrected chi connectivity index (χ4v) is 3.58. The average Bonchev–Trinajstić information content (AvgIpc) is 2.98. The Labute approximate surface area is 150 Å². The van der Waals surface area contributed by atoms with E-state index in [1.807, 2.05) is 37.3 Å². The van der Waals surface area contributed by atoms with Crippen LogP contribution in [-0.2, 0) is 6.42 Å². The van der Waals surface area contributed by atoms with Crippen molar-refractivity contribution in [2.24, 2.45) is 0 Å². The molecule has 25 heavy (non-hydrogen) atoms. The number of aryl methyl sites for hydroxylation is 2. The summed E-state index contributed by atoms with van der Waals surface area (Å²) < 4.78 is 14.0. The lowest BCUT2D eigenvalue weighted by atomic mass is 10.1. The number of amides is 1. The van der Waals surface area contributed by atoms with Gasteiger partial charge in [0, 0.05) is 23.4 Å². The van der Waals surface area contributed by atoms with E-state index in [4.69, 9.17) is 0 Å². The third-order valence-corrected chi connectivity index (χ3v) is 4.98.